The Bertz CT molecular complexity index is 1400. The highest BCUT2D eigenvalue weighted by Gasteiger charge is 2.39. The number of imide groups is 1. The van der Waals surface area contributed by atoms with Crippen LogP contribution in [0.3, 0.4) is 0 Å². The molecule has 0 spiro atoms. The zero-order valence-electron chi connectivity index (χ0n) is 17.5. The topological polar surface area (TPSA) is 121 Å². The van der Waals surface area contributed by atoms with Gasteiger partial charge in [-0.1, -0.05) is 29.8 Å². The molecule has 0 radical (unpaired) electrons. The van der Waals surface area contributed by atoms with E-state index in [1.54, 1.807) is 44.2 Å². The van der Waals surface area contributed by atoms with Gasteiger partial charge in [0.15, 0.2) is 0 Å². The normalized spacial score (nSPS) is 14.1. The number of nitrogens with zero attached hydrogens (tertiary/aromatic N) is 3. The molecule has 1 aromatic heterocycles. The zero-order valence-corrected chi connectivity index (χ0v) is 19.1. The van der Waals surface area contributed by atoms with Gasteiger partial charge in [0.05, 0.1) is 10.6 Å². The van der Waals surface area contributed by atoms with Crippen LogP contribution in [-0.2, 0) is 19.6 Å². The molecule has 0 unspecified atom stereocenters. The summed E-state index contributed by atoms with van der Waals surface area (Å²) in [4.78, 5) is 34.4. The lowest BCUT2D eigenvalue weighted by Gasteiger charge is -2.17. The zero-order chi connectivity index (χ0) is 23.8. The number of aromatic nitrogens is 2. The fraction of sp³-hybridized carbons (Fsp3) is 0.0909. The molecule has 2 N–H and O–H groups in total. The summed E-state index contributed by atoms with van der Waals surface area (Å²) in [6.07, 6.45) is 1.45. The number of anilines is 3. The van der Waals surface area contributed by atoms with Crippen molar-refractivity contribution in [1.29, 1.82) is 0 Å². The first kappa shape index (κ1) is 22.4. The van der Waals surface area contributed by atoms with Crippen LogP contribution in [0.25, 0.3) is 0 Å². The van der Waals surface area contributed by atoms with Gasteiger partial charge in [0.1, 0.15) is 10.7 Å². The van der Waals surface area contributed by atoms with E-state index in [0.29, 0.717) is 17.1 Å². The quantitative estimate of drug-likeness (QED) is 0.516. The van der Waals surface area contributed by atoms with Crippen molar-refractivity contribution in [3.8, 4) is 0 Å². The standard InChI is InChI=1S/C22H18ClN5O4S/c1-13-5-3-4-6-17(13)28-20(29)18(23)19(21(28)30)26-15-7-9-16(10-8-15)33(31,32)27-22-24-12-11-14(2)25-22/h3-12,26H,1-2H3,(H,24,25,27). The van der Waals surface area contributed by atoms with Gasteiger partial charge in [-0.25, -0.2) is 28.0 Å². The van der Waals surface area contributed by atoms with E-state index in [2.05, 4.69) is 20.0 Å². The minimum Gasteiger partial charge on any atom is -0.350 e. The molecule has 33 heavy (non-hydrogen) atoms. The Balaban J connectivity index is 1.54. The highest BCUT2D eigenvalue weighted by molar-refractivity contribution is 7.92. The SMILES string of the molecule is Cc1ccnc(NS(=O)(=O)c2ccc(NC3=C(Cl)C(=O)N(c4ccccc4C)C3=O)cc2)n1. The Morgan fingerprint density at radius 2 is 1.64 bits per heavy atom. The lowest BCUT2D eigenvalue weighted by Crippen LogP contribution is -2.32. The van der Waals surface area contributed by atoms with Gasteiger partial charge in [-0.05, 0) is 55.8 Å². The van der Waals surface area contributed by atoms with Gasteiger partial charge >= 0.3 is 0 Å². The Kier molecular flexibility index (Phi) is 5.88. The van der Waals surface area contributed by atoms with E-state index >= 15 is 0 Å². The van der Waals surface area contributed by atoms with E-state index in [-0.39, 0.29) is 21.6 Å². The molecule has 0 fully saturated rings. The van der Waals surface area contributed by atoms with Crippen LogP contribution in [0, 0.1) is 13.8 Å². The summed E-state index contributed by atoms with van der Waals surface area (Å²) in [6, 6.07) is 14.2. The van der Waals surface area contributed by atoms with E-state index in [1.165, 1.54) is 30.5 Å². The van der Waals surface area contributed by atoms with Gasteiger partial charge in [0.2, 0.25) is 5.95 Å². The number of carbonyl (C=O) groups is 2. The van der Waals surface area contributed by atoms with Gasteiger partial charge < -0.3 is 5.32 Å². The fourth-order valence-electron chi connectivity index (χ4n) is 3.18. The van der Waals surface area contributed by atoms with Crippen molar-refractivity contribution in [1.82, 2.24) is 9.97 Å². The molecule has 2 heterocycles. The summed E-state index contributed by atoms with van der Waals surface area (Å²) in [7, 11) is -3.92. The molecule has 1 aliphatic heterocycles. The molecule has 1 aliphatic rings. The number of para-hydroxylation sites is 1. The van der Waals surface area contributed by atoms with Crippen LogP contribution in [0.1, 0.15) is 11.3 Å². The van der Waals surface area contributed by atoms with E-state index in [4.69, 9.17) is 11.6 Å². The lowest BCUT2D eigenvalue weighted by atomic mass is 10.2. The van der Waals surface area contributed by atoms with Crippen LogP contribution >= 0.6 is 11.6 Å². The molecule has 11 heteroatoms. The maximum atomic E-state index is 12.9. The third-order valence-electron chi connectivity index (χ3n) is 4.84. The Morgan fingerprint density at radius 1 is 0.939 bits per heavy atom. The average Bonchev–Trinajstić information content (AvgIpc) is 2.97. The maximum absolute atomic E-state index is 12.9. The summed E-state index contributed by atoms with van der Waals surface area (Å²) in [5.41, 5.74) is 2.08. The predicted molar refractivity (Wildman–Crippen MR) is 124 cm³/mol. The predicted octanol–water partition coefficient (Wildman–Crippen LogP) is 3.33. The summed E-state index contributed by atoms with van der Waals surface area (Å²) in [5, 5.41) is 2.57. The number of nitrogens with one attached hydrogen (secondary N) is 2. The second-order valence-corrected chi connectivity index (χ2v) is 9.26. The van der Waals surface area contributed by atoms with Crippen molar-refractivity contribution in [2.45, 2.75) is 18.7 Å². The van der Waals surface area contributed by atoms with E-state index in [0.717, 1.165) is 10.5 Å². The molecule has 168 valence electrons. The lowest BCUT2D eigenvalue weighted by molar-refractivity contribution is -0.120. The van der Waals surface area contributed by atoms with Crippen LogP contribution in [0.2, 0.25) is 0 Å². The fourth-order valence-corrected chi connectivity index (χ4v) is 4.35. The Morgan fingerprint density at radius 3 is 2.30 bits per heavy atom. The van der Waals surface area contributed by atoms with Crippen LogP contribution in [0.15, 0.2) is 76.4 Å². The Hall–Kier alpha value is -3.76. The summed E-state index contributed by atoms with van der Waals surface area (Å²) >= 11 is 6.16. The van der Waals surface area contributed by atoms with E-state index < -0.39 is 21.8 Å². The van der Waals surface area contributed by atoms with Crippen molar-refractivity contribution in [3.63, 3.8) is 0 Å². The number of carbonyl (C=O) groups excluding carboxylic acids is 2. The first-order valence-electron chi connectivity index (χ1n) is 9.71. The van der Waals surface area contributed by atoms with Crippen LogP contribution in [0.5, 0.6) is 0 Å². The third-order valence-corrected chi connectivity index (χ3v) is 6.53. The monoisotopic (exact) mass is 483 g/mol. The van der Waals surface area contributed by atoms with Crippen LogP contribution in [0.4, 0.5) is 17.3 Å². The molecule has 2 aromatic carbocycles. The number of aryl methyl sites for hydroxylation is 2. The summed E-state index contributed by atoms with van der Waals surface area (Å²) < 4.78 is 27.5. The van der Waals surface area contributed by atoms with Gasteiger partial charge in [-0.2, -0.15) is 0 Å². The number of rotatable bonds is 6. The average molecular weight is 484 g/mol. The number of hydrogen-bond donors (Lipinski definition) is 2. The summed E-state index contributed by atoms with van der Waals surface area (Å²) in [5.74, 6) is -1.28. The molecular weight excluding hydrogens is 466 g/mol. The molecule has 3 aromatic rings. The van der Waals surface area contributed by atoms with E-state index in [1.807, 2.05) is 0 Å². The second kappa shape index (κ2) is 8.64. The minimum absolute atomic E-state index is 0.0337. The molecule has 0 saturated heterocycles. The second-order valence-electron chi connectivity index (χ2n) is 7.20. The largest absolute Gasteiger partial charge is 0.350 e. The van der Waals surface area contributed by atoms with Crippen molar-refractivity contribution in [2.75, 3.05) is 14.9 Å². The van der Waals surface area contributed by atoms with Crippen molar-refractivity contribution >= 4 is 50.8 Å². The summed E-state index contributed by atoms with van der Waals surface area (Å²) in [6.45, 7) is 3.50. The maximum Gasteiger partial charge on any atom is 0.283 e. The van der Waals surface area contributed by atoms with Crippen LogP contribution in [-0.4, -0.2) is 30.2 Å². The Labute approximate surface area is 195 Å². The van der Waals surface area contributed by atoms with Gasteiger partial charge in [0.25, 0.3) is 21.8 Å². The molecule has 4 rings (SSSR count). The number of amides is 2. The number of hydrogen-bond acceptors (Lipinski definition) is 7. The van der Waals surface area contributed by atoms with Gasteiger partial charge in [-0.3, -0.25) is 9.59 Å². The molecule has 2 amide bonds. The number of sulfonamides is 1. The minimum atomic E-state index is -3.92. The highest BCUT2D eigenvalue weighted by atomic mass is 35.5. The van der Waals surface area contributed by atoms with Crippen molar-refractivity contribution in [2.24, 2.45) is 0 Å². The van der Waals surface area contributed by atoms with Crippen molar-refractivity contribution in [3.05, 3.63) is 82.8 Å². The molecule has 0 atom stereocenters. The highest BCUT2D eigenvalue weighted by Crippen LogP contribution is 2.32. The molecule has 0 aliphatic carbocycles. The first-order chi connectivity index (χ1) is 15.7. The molecular formula is C22H18ClN5O4S. The van der Waals surface area contributed by atoms with Gasteiger partial charge in [0, 0.05) is 17.6 Å². The van der Waals surface area contributed by atoms with Gasteiger partial charge in [-0.15, -0.1) is 0 Å². The molecule has 0 saturated carbocycles. The molecule has 9 nitrogen and oxygen atoms in total. The van der Waals surface area contributed by atoms with Crippen LogP contribution < -0.4 is 14.9 Å². The first-order valence-corrected chi connectivity index (χ1v) is 11.6. The number of halogens is 1. The smallest absolute Gasteiger partial charge is 0.283 e. The third kappa shape index (κ3) is 4.43. The van der Waals surface area contributed by atoms with Crippen molar-refractivity contribution < 1.29 is 18.0 Å². The molecule has 0 bridgehead atoms. The van der Waals surface area contributed by atoms with E-state index in [9.17, 15) is 18.0 Å². The number of benzene rings is 2.